The van der Waals surface area contributed by atoms with Crippen molar-refractivity contribution >= 4 is 33.2 Å². The molecule has 31 heavy (non-hydrogen) atoms. The number of hydrogen-bond donors (Lipinski definition) is 2. The molecule has 3 rings (SSSR count). The Bertz CT molecular complexity index is 1120. The van der Waals surface area contributed by atoms with Crippen LogP contribution in [0.15, 0.2) is 47.4 Å². The summed E-state index contributed by atoms with van der Waals surface area (Å²) in [5.41, 5.74) is 0.916. The predicted molar refractivity (Wildman–Crippen MR) is 117 cm³/mol. The van der Waals surface area contributed by atoms with Crippen LogP contribution in [0.5, 0.6) is 0 Å². The lowest BCUT2D eigenvalue weighted by Crippen LogP contribution is -2.35. The lowest BCUT2D eigenvalue weighted by molar-refractivity contribution is -0.129. The van der Waals surface area contributed by atoms with E-state index in [0.29, 0.717) is 24.2 Å². The predicted octanol–water partition coefficient (Wildman–Crippen LogP) is 3.33. The van der Waals surface area contributed by atoms with Crippen molar-refractivity contribution in [1.29, 1.82) is 0 Å². The van der Waals surface area contributed by atoms with Gasteiger partial charge in [-0.1, -0.05) is 18.2 Å². The van der Waals surface area contributed by atoms with Gasteiger partial charge in [-0.3, -0.25) is 14.3 Å². The molecule has 2 aromatic rings. The van der Waals surface area contributed by atoms with Crippen LogP contribution in [0.4, 0.5) is 15.8 Å². The number of benzene rings is 2. The maximum Gasteiger partial charge on any atom is 0.262 e. The number of halogens is 1. The molecule has 2 aromatic carbocycles. The molecule has 1 aliphatic rings. The summed E-state index contributed by atoms with van der Waals surface area (Å²) in [5.74, 6) is -0.609. The number of carbonyl (C=O) groups is 2. The first-order valence-corrected chi connectivity index (χ1v) is 11.4. The zero-order chi connectivity index (χ0) is 22.8. The third kappa shape index (κ3) is 5.04. The largest absolute Gasteiger partial charge is 0.338 e. The number of sulfonamides is 1. The van der Waals surface area contributed by atoms with Crippen LogP contribution in [0, 0.1) is 5.41 Å². The van der Waals surface area contributed by atoms with Crippen molar-refractivity contribution in [1.82, 2.24) is 4.90 Å². The molecule has 1 aliphatic heterocycles. The van der Waals surface area contributed by atoms with Crippen molar-refractivity contribution in [2.75, 3.05) is 23.3 Å². The molecule has 0 atom stereocenters. The zero-order valence-electron chi connectivity index (χ0n) is 17.7. The van der Waals surface area contributed by atoms with Crippen molar-refractivity contribution in [2.45, 2.75) is 38.6 Å². The molecule has 0 aliphatic carbocycles. The first kappa shape index (κ1) is 22.7. The molecule has 7 nitrogen and oxygen atoms in total. The first-order chi connectivity index (χ1) is 14.5. The number of fused-ring (bicyclic) bond motifs is 1. The highest BCUT2D eigenvalue weighted by atomic mass is 32.2. The van der Waals surface area contributed by atoms with E-state index in [1.165, 1.54) is 32.9 Å². The molecule has 1 heterocycles. The van der Waals surface area contributed by atoms with Crippen molar-refractivity contribution < 1.29 is 22.4 Å². The summed E-state index contributed by atoms with van der Waals surface area (Å²) < 4.78 is 41.9. The lowest BCUT2D eigenvalue weighted by atomic mass is 9.94. The zero-order valence-corrected chi connectivity index (χ0v) is 18.6. The standard InChI is InChI=1S/C22H26FN3O4S/c1-15(27)26-11-10-16-6-4-9-20(19(16)13-26)31(29,30)25-18-8-5-7-17(12-18)24-21(28)22(2,3)14-23/h4-9,12,25H,10-11,13-14H2,1-3H3,(H,24,28). The van der Waals surface area contributed by atoms with Crippen molar-refractivity contribution in [3.63, 3.8) is 0 Å². The number of anilines is 2. The molecule has 0 saturated carbocycles. The van der Waals surface area contributed by atoms with Crippen LogP contribution in [0.25, 0.3) is 0 Å². The number of nitrogens with zero attached hydrogens (tertiary/aromatic N) is 1. The normalized spacial score (nSPS) is 14.0. The van der Waals surface area contributed by atoms with E-state index in [9.17, 15) is 22.4 Å². The van der Waals surface area contributed by atoms with Gasteiger partial charge in [0.25, 0.3) is 10.0 Å². The number of hydrogen-bond acceptors (Lipinski definition) is 4. The summed E-state index contributed by atoms with van der Waals surface area (Å²) in [5, 5.41) is 2.61. The minimum Gasteiger partial charge on any atom is -0.338 e. The topological polar surface area (TPSA) is 95.6 Å². The van der Waals surface area contributed by atoms with E-state index in [0.717, 1.165) is 5.56 Å². The summed E-state index contributed by atoms with van der Waals surface area (Å²) in [6.45, 7) is 4.40. The SMILES string of the molecule is CC(=O)N1CCc2cccc(S(=O)(=O)Nc3cccc(NC(=O)C(C)(C)CF)c3)c2C1. The fourth-order valence-electron chi connectivity index (χ4n) is 3.30. The van der Waals surface area contributed by atoms with E-state index in [1.807, 2.05) is 6.07 Å². The first-order valence-electron chi connectivity index (χ1n) is 9.90. The van der Waals surface area contributed by atoms with Gasteiger partial charge < -0.3 is 10.2 Å². The molecule has 0 fully saturated rings. The molecule has 166 valence electrons. The molecular weight excluding hydrogens is 421 g/mol. The highest BCUT2D eigenvalue weighted by molar-refractivity contribution is 7.92. The van der Waals surface area contributed by atoms with Crippen molar-refractivity contribution in [3.05, 3.63) is 53.6 Å². The van der Waals surface area contributed by atoms with Gasteiger partial charge in [-0.25, -0.2) is 12.8 Å². The number of alkyl halides is 1. The molecule has 9 heteroatoms. The Hall–Kier alpha value is -2.94. The fourth-order valence-corrected chi connectivity index (χ4v) is 4.63. The Labute approximate surface area is 181 Å². The third-order valence-corrected chi connectivity index (χ3v) is 6.75. The number of nitrogens with one attached hydrogen (secondary N) is 2. The van der Waals surface area contributed by atoms with Gasteiger partial charge in [0.05, 0.1) is 16.0 Å². The number of carbonyl (C=O) groups excluding carboxylic acids is 2. The molecule has 0 spiro atoms. The van der Waals surface area contributed by atoms with Gasteiger partial charge in [-0.05, 0) is 55.7 Å². The molecule has 2 N–H and O–H groups in total. The van der Waals surface area contributed by atoms with Crippen molar-refractivity contribution in [2.24, 2.45) is 5.41 Å². The minimum atomic E-state index is -3.94. The Morgan fingerprint density at radius 2 is 1.81 bits per heavy atom. The highest BCUT2D eigenvalue weighted by Gasteiger charge is 2.28. The van der Waals surface area contributed by atoms with Crippen LogP contribution in [0.3, 0.4) is 0 Å². The van der Waals surface area contributed by atoms with E-state index in [1.54, 1.807) is 29.2 Å². The van der Waals surface area contributed by atoms with Gasteiger partial charge in [0, 0.05) is 25.7 Å². The van der Waals surface area contributed by atoms with Crippen LogP contribution in [-0.2, 0) is 32.6 Å². The van der Waals surface area contributed by atoms with Gasteiger partial charge in [-0.15, -0.1) is 0 Å². The van der Waals surface area contributed by atoms with Crippen LogP contribution in [0.2, 0.25) is 0 Å². The second-order valence-corrected chi connectivity index (χ2v) is 9.89. The minimum absolute atomic E-state index is 0.106. The van der Waals surface area contributed by atoms with Crippen LogP contribution < -0.4 is 10.0 Å². The van der Waals surface area contributed by atoms with E-state index < -0.39 is 28.0 Å². The van der Waals surface area contributed by atoms with E-state index in [2.05, 4.69) is 10.0 Å². The Morgan fingerprint density at radius 1 is 1.13 bits per heavy atom. The third-order valence-electron chi connectivity index (χ3n) is 5.29. The van der Waals surface area contributed by atoms with Gasteiger partial charge in [0.2, 0.25) is 11.8 Å². The van der Waals surface area contributed by atoms with E-state index >= 15 is 0 Å². The van der Waals surface area contributed by atoms with E-state index in [-0.39, 0.29) is 23.0 Å². The van der Waals surface area contributed by atoms with Crippen LogP contribution in [0.1, 0.15) is 31.9 Å². The Kier molecular flexibility index (Phi) is 6.35. The maximum absolute atomic E-state index is 13.1. The average molecular weight is 448 g/mol. The smallest absolute Gasteiger partial charge is 0.262 e. The molecule has 0 bridgehead atoms. The van der Waals surface area contributed by atoms with Crippen LogP contribution >= 0.6 is 0 Å². The molecule has 0 unspecified atom stereocenters. The molecule has 0 radical (unpaired) electrons. The summed E-state index contributed by atoms with van der Waals surface area (Å²) in [4.78, 5) is 25.7. The summed E-state index contributed by atoms with van der Waals surface area (Å²) >= 11 is 0. The van der Waals surface area contributed by atoms with Gasteiger partial charge in [-0.2, -0.15) is 0 Å². The van der Waals surface area contributed by atoms with Gasteiger partial charge in [0.1, 0.15) is 6.67 Å². The summed E-state index contributed by atoms with van der Waals surface area (Å²) in [6.07, 6.45) is 0.587. The highest BCUT2D eigenvalue weighted by Crippen LogP contribution is 2.28. The molecule has 2 amide bonds. The van der Waals surface area contributed by atoms with Crippen molar-refractivity contribution in [3.8, 4) is 0 Å². The molecule has 0 saturated heterocycles. The Morgan fingerprint density at radius 3 is 2.48 bits per heavy atom. The molecule has 0 aromatic heterocycles. The molecular formula is C22H26FN3O4S. The number of rotatable bonds is 6. The fraction of sp³-hybridized carbons (Fsp3) is 0.364. The van der Waals surface area contributed by atoms with Gasteiger partial charge in [0.15, 0.2) is 0 Å². The van der Waals surface area contributed by atoms with E-state index in [4.69, 9.17) is 0 Å². The summed E-state index contributed by atoms with van der Waals surface area (Å²) in [7, 11) is -3.94. The maximum atomic E-state index is 13.1. The quantitative estimate of drug-likeness (QED) is 0.710. The van der Waals surface area contributed by atoms with Crippen LogP contribution in [-0.4, -0.2) is 38.4 Å². The summed E-state index contributed by atoms with van der Waals surface area (Å²) in [6, 6.07) is 11.3. The number of amides is 2. The lowest BCUT2D eigenvalue weighted by Gasteiger charge is -2.29. The van der Waals surface area contributed by atoms with Gasteiger partial charge >= 0.3 is 0 Å². The monoisotopic (exact) mass is 447 g/mol. The second kappa shape index (κ2) is 8.66. The Balaban J connectivity index is 1.86. The second-order valence-electron chi connectivity index (χ2n) is 8.24. The average Bonchev–Trinajstić information content (AvgIpc) is 2.72.